The van der Waals surface area contributed by atoms with E-state index in [1.807, 2.05) is 6.07 Å². The fourth-order valence-corrected chi connectivity index (χ4v) is 8.30. The van der Waals surface area contributed by atoms with Gasteiger partial charge in [0.1, 0.15) is 0 Å². The lowest BCUT2D eigenvalue weighted by Crippen LogP contribution is -1.96. The highest BCUT2D eigenvalue weighted by Gasteiger charge is 2.17. The lowest BCUT2D eigenvalue weighted by molar-refractivity contribution is 1.18. The molecule has 244 valence electrons. The minimum atomic E-state index is 0.734. The summed E-state index contributed by atoms with van der Waals surface area (Å²) in [4.78, 5) is 11.5. The van der Waals surface area contributed by atoms with Gasteiger partial charge in [0.25, 0.3) is 0 Å². The molecule has 4 heteroatoms. The Labute approximate surface area is 305 Å². The molecule has 7 aromatic carbocycles. The third-order valence-electron chi connectivity index (χ3n) is 9.80. The largest absolute Gasteiger partial charge is 0.309 e. The molecule has 3 heterocycles. The maximum Gasteiger partial charge on any atom is 0.170 e. The number of rotatable bonds is 6. The van der Waals surface area contributed by atoms with Crippen molar-refractivity contribution in [3.63, 3.8) is 0 Å². The lowest BCUT2D eigenvalue weighted by Gasteiger charge is -2.13. The van der Waals surface area contributed by atoms with E-state index in [4.69, 9.17) is 9.97 Å². The van der Waals surface area contributed by atoms with Gasteiger partial charge in [0.2, 0.25) is 0 Å². The van der Waals surface area contributed by atoms with Crippen LogP contribution in [-0.2, 0) is 0 Å². The molecule has 3 nitrogen and oxygen atoms in total. The zero-order valence-corrected chi connectivity index (χ0v) is 29.0. The molecular formula is C48H31N3S. The van der Waals surface area contributed by atoms with Crippen LogP contribution < -0.4 is 0 Å². The maximum atomic E-state index is 5.29. The molecule has 0 atom stereocenters. The topological polar surface area (TPSA) is 30.7 Å². The Balaban J connectivity index is 1.20. The Hall–Kier alpha value is -6.62. The number of hydrogen-bond acceptors (Lipinski definition) is 3. The Bertz CT molecular complexity index is 2860. The molecule has 10 rings (SSSR count). The van der Waals surface area contributed by atoms with Crippen LogP contribution >= 0.6 is 11.3 Å². The number of hydrogen-bond donors (Lipinski definition) is 0. The van der Waals surface area contributed by atoms with E-state index in [2.05, 4.69) is 187 Å². The molecule has 0 spiro atoms. The smallest absolute Gasteiger partial charge is 0.170 e. The van der Waals surface area contributed by atoms with Crippen LogP contribution in [0.2, 0.25) is 0 Å². The SMILES string of the molecule is c1ccc(-c2cc(-c3ccc4c5ccccc5n(-c5ccccc5)c4c3)cc(-c3cc(-c4ccccc4)nc(-c4cc5ccccc5s4)n3)c2)cc1. The second-order valence-electron chi connectivity index (χ2n) is 13.1. The molecule has 0 bridgehead atoms. The fourth-order valence-electron chi connectivity index (χ4n) is 7.30. The van der Waals surface area contributed by atoms with E-state index in [9.17, 15) is 0 Å². The number of thiophene rings is 1. The van der Waals surface area contributed by atoms with E-state index in [1.165, 1.54) is 31.9 Å². The molecule has 0 N–H and O–H groups in total. The summed E-state index contributed by atoms with van der Waals surface area (Å²) in [6.45, 7) is 0. The van der Waals surface area contributed by atoms with E-state index in [0.29, 0.717) is 0 Å². The van der Waals surface area contributed by atoms with Gasteiger partial charge in [-0.05, 0) is 88.3 Å². The highest BCUT2D eigenvalue weighted by atomic mass is 32.1. The summed E-state index contributed by atoms with van der Waals surface area (Å²) >= 11 is 1.73. The second kappa shape index (κ2) is 12.6. The van der Waals surface area contributed by atoms with Crippen LogP contribution in [0.3, 0.4) is 0 Å². The highest BCUT2D eigenvalue weighted by Crippen LogP contribution is 2.39. The van der Waals surface area contributed by atoms with Crippen molar-refractivity contribution in [2.45, 2.75) is 0 Å². The molecule has 0 amide bonds. The predicted octanol–water partition coefficient (Wildman–Crippen LogP) is 13.1. The van der Waals surface area contributed by atoms with Crippen molar-refractivity contribution in [3.8, 4) is 61.2 Å². The van der Waals surface area contributed by atoms with Gasteiger partial charge in [-0.2, -0.15) is 0 Å². The monoisotopic (exact) mass is 681 g/mol. The third-order valence-corrected chi connectivity index (χ3v) is 10.9. The summed E-state index contributed by atoms with van der Waals surface area (Å²) in [5.74, 6) is 0.734. The van der Waals surface area contributed by atoms with E-state index in [-0.39, 0.29) is 0 Å². The Kier molecular flexibility index (Phi) is 7.33. The van der Waals surface area contributed by atoms with Crippen LogP contribution in [0, 0.1) is 0 Å². The minimum absolute atomic E-state index is 0.734. The average Bonchev–Trinajstić information content (AvgIpc) is 3.81. The molecule has 0 saturated carbocycles. The van der Waals surface area contributed by atoms with Gasteiger partial charge in [-0.25, -0.2) is 9.97 Å². The molecule has 0 aliphatic carbocycles. The predicted molar refractivity (Wildman–Crippen MR) is 219 cm³/mol. The van der Waals surface area contributed by atoms with Gasteiger partial charge in [0.15, 0.2) is 5.82 Å². The maximum absolute atomic E-state index is 5.29. The van der Waals surface area contributed by atoms with Gasteiger partial charge in [-0.1, -0.05) is 127 Å². The summed E-state index contributed by atoms with van der Waals surface area (Å²) in [5.41, 5.74) is 12.0. The lowest BCUT2D eigenvalue weighted by atomic mass is 9.94. The third kappa shape index (κ3) is 5.38. The normalized spacial score (nSPS) is 11.5. The summed E-state index contributed by atoms with van der Waals surface area (Å²) in [6, 6.07) is 66.9. The zero-order chi connectivity index (χ0) is 34.4. The van der Waals surface area contributed by atoms with Crippen molar-refractivity contribution in [1.29, 1.82) is 0 Å². The summed E-state index contributed by atoms with van der Waals surface area (Å²) in [5, 5.41) is 3.68. The molecular weight excluding hydrogens is 651 g/mol. The second-order valence-corrected chi connectivity index (χ2v) is 14.1. The van der Waals surface area contributed by atoms with Gasteiger partial charge in [0, 0.05) is 32.3 Å². The molecule has 0 aliphatic rings. The van der Waals surface area contributed by atoms with Crippen molar-refractivity contribution in [2.75, 3.05) is 0 Å². The number of fused-ring (bicyclic) bond motifs is 4. The summed E-state index contributed by atoms with van der Waals surface area (Å²) in [7, 11) is 0. The minimum Gasteiger partial charge on any atom is -0.309 e. The first-order valence-corrected chi connectivity index (χ1v) is 18.3. The Morgan fingerprint density at radius 1 is 0.385 bits per heavy atom. The number of nitrogens with zero attached hydrogens (tertiary/aromatic N) is 3. The molecule has 3 aromatic heterocycles. The molecule has 52 heavy (non-hydrogen) atoms. The number of benzene rings is 7. The molecule has 10 aromatic rings. The summed E-state index contributed by atoms with van der Waals surface area (Å²) < 4.78 is 3.61. The van der Waals surface area contributed by atoms with Crippen LogP contribution in [0.25, 0.3) is 93.0 Å². The van der Waals surface area contributed by atoms with Crippen LogP contribution in [0.1, 0.15) is 0 Å². The first-order chi connectivity index (χ1) is 25.7. The first-order valence-electron chi connectivity index (χ1n) is 17.5. The zero-order valence-electron chi connectivity index (χ0n) is 28.1. The van der Waals surface area contributed by atoms with Gasteiger partial charge < -0.3 is 4.57 Å². The van der Waals surface area contributed by atoms with Crippen molar-refractivity contribution in [1.82, 2.24) is 14.5 Å². The van der Waals surface area contributed by atoms with E-state index in [1.54, 1.807) is 11.3 Å². The molecule has 0 radical (unpaired) electrons. The van der Waals surface area contributed by atoms with Crippen LogP contribution in [-0.4, -0.2) is 14.5 Å². The number of aromatic nitrogens is 3. The molecule has 0 aliphatic heterocycles. The molecule has 0 unspecified atom stereocenters. The molecule has 0 saturated heterocycles. The quantitative estimate of drug-likeness (QED) is 0.175. The number of para-hydroxylation sites is 2. The van der Waals surface area contributed by atoms with Crippen molar-refractivity contribution >= 4 is 43.2 Å². The Morgan fingerprint density at radius 3 is 1.75 bits per heavy atom. The fraction of sp³-hybridized carbons (Fsp3) is 0. The molecule has 0 fully saturated rings. The summed E-state index contributed by atoms with van der Waals surface area (Å²) in [6.07, 6.45) is 0. The highest BCUT2D eigenvalue weighted by molar-refractivity contribution is 7.22. The Morgan fingerprint density at radius 2 is 0.981 bits per heavy atom. The van der Waals surface area contributed by atoms with Crippen molar-refractivity contribution in [3.05, 3.63) is 188 Å². The van der Waals surface area contributed by atoms with Gasteiger partial charge >= 0.3 is 0 Å². The first kappa shape index (κ1) is 30.2. The van der Waals surface area contributed by atoms with E-state index >= 15 is 0 Å². The van der Waals surface area contributed by atoms with Gasteiger partial charge in [-0.15, -0.1) is 11.3 Å². The van der Waals surface area contributed by atoms with Crippen molar-refractivity contribution in [2.24, 2.45) is 0 Å². The van der Waals surface area contributed by atoms with Crippen LogP contribution in [0.5, 0.6) is 0 Å². The van der Waals surface area contributed by atoms with Gasteiger partial charge in [0.05, 0.1) is 27.3 Å². The van der Waals surface area contributed by atoms with Crippen molar-refractivity contribution < 1.29 is 0 Å². The van der Waals surface area contributed by atoms with Gasteiger partial charge in [-0.3, -0.25) is 0 Å². The van der Waals surface area contributed by atoms with E-state index in [0.717, 1.165) is 61.2 Å². The van der Waals surface area contributed by atoms with Crippen LogP contribution in [0.4, 0.5) is 0 Å². The average molecular weight is 682 g/mol. The standard InChI is InChI=1S/C48H31N3S/c1-4-14-32(15-5-1)36-26-37(34-24-25-41-40-21-11-12-22-44(40)51(45(41)29-34)39-19-8-3-9-20-39)28-38(27-36)43-31-42(33-16-6-2-7-17-33)49-48(50-43)47-30-35-18-10-13-23-46(35)52-47/h1-31H. The van der Waals surface area contributed by atoms with Crippen LogP contribution in [0.15, 0.2) is 188 Å². The van der Waals surface area contributed by atoms with E-state index < -0.39 is 0 Å².